The minimum Gasteiger partial charge on any atom is -0.480 e. The van der Waals surface area contributed by atoms with E-state index in [2.05, 4.69) is 29.7 Å². The van der Waals surface area contributed by atoms with Crippen molar-refractivity contribution in [3.05, 3.63) is 65.2 Å². The smallest absolute Gasteiger partial charge is 0.267 e. The van der Waals surface area contributed by atoms with Crippen LogP contribution >= 0.6 is 11.6 Å². The average Bonchev–Trinajstić information content (AvgIpc) is 3.28. The number of pyridine rings is 1. The first-order valence-corrected chi connectivity index (χ1v) is 17.3. The van der Waals surface area contributed by atoms with E-state index in [0.717, 1.165) is 24.2 Å². The summed E-state index contributed by atoms with van der Waals surface area (Å²) < 4.78 is 86.3. The molecule has 2 aromatic carbocycles. The quantitative estimate of drug-likeness (QED) is 0.170. The van der Waals surface area contributed by atoms with Gasteiger partial charge in [-0.3, -0.25) is 4.72 Å². The molecule has 0 saturated heterocycles. The van der Waals surface area contributed by atoms with Crippen molar-refractivity contribution in [1.82, 2.24) is 14.8 Å². The Hall–Kier alpha value is -3.13. The van der Waals surface area contributed by atoms with Gasteiger partial charge < -0.3 is 9.47 Å². The van der Waals surface area contributed by atoms with Crippen molar-refractivity contribution >= 4 is 46.3 Å². The van der Waals surface area contributed by atoms with Crippen molar-refractivity contribution in [1.29, 1.82) is 0 Å². The minimum absolute atomic E-state index is 0.0000236. The predicted molar refractivity (Wildman–Crippen MR) is 146 cm³/mol. The lowest BCUT2D eigenvalue weighted by molar-refractivity contribution is 0.0813. The molecule has 2 heterocycles. The van der Waals surface area contributed by atoms with Crippen LogP contribution < -0.4 is 9.46 Å². The van der Waals surface area contributed by atoms with Gasteiger partial charge in [0.05, 0.1) is 29.6 Å². The van der Waals surface area contributed by atoms with Crippen LogP contribution in [0.1, 0.15) is 0 Å². The molecule has 0 unspecified atom stereocenters. The van der Waals surface area contributed by atoms with Crippen LogP contribution in [0.5, 0.6) is 5.88 Å². The number of hydrogen-bond acceptors (Lipinski definition) is 6. The molecule has 0 atom stereocenters. The zero-order valence-electron chi connectivity index (χ0n) is 21.6. The maximum Gasteiger partial charge on any atom is 0.267 e. The average molecular weight is 599 g/mol. The molecule has 39 heavy (non-hydrogen) atoms. The van der Waals surface area contributed by atoms with E-state index < -0.39 is 57.3 Å². The van der Waals surface area contributed by atoms with E-state index in [1.807, 2.05) is 4.72 Å². The SMILES string of the molecule is COc1ncc(Cl)cc1S(=O)(=O)Nc1ccc(F)c(-c2ccc3cnn(COCC[Si](C)(C)C)c3c2F)c1F. The Labute approximate surface area is 229 Å². The van der Waals surface area contributed by atoms with E-state index in [1.165, 1.54) is 36.3 Å². The summed E-state index contributed by atoms with van der Waals surface area (Å²) in [6.45, 7) is 7.02. The summed E-state index contributed by atoms with van der Waals surface area (Å²) >= 11 is 5.88. The Kier molecular flexibility index (Phi) is 8.26. The van der Waals surface area contributed by atoms with Gasteiger partial charge in [-0.05, 0) is 24.2 Å². The van der Waals surface area contributed by atoms with Gasteiger partial charge in [-0.15, -0.1) is 0 Å². The molecular formula is C25H26ClF3N4O4SSi. The van der Waals surface area contributed by atoms with Gasteiger partial charge in [0.25, 0.3) is 10.0 Å². The number of aromatic nitrogens is 3. The number of ether oxygens (including phenoxy) is 2. The first-order valence-electron chi connectivity index (χ1n) is 11.7. The lowest BCUT2D eigenvalue weighted by Gasteiger charge is -2.16. The molecule has 0 fully saturated rings. The third-order valence-electron chi connectivity index (χ3n) is 5.82. The molecule has 0 aliphatic heterocycles. The van der Waals surface area contributed by atoms with Crippen LogP contribution in [0.4, 0.5) is 18.9 Å². The van der Waals surface area contributed by atoms with E-state index in [1.54, 1.807) is 0 Å². The number of anilines is 1. The van der Waals surface area contributed by atoms with E-state index in [4.69, 9.17) is 21.1 Å². The second-order valence-electron chi connectivity index (χ2n) is 9.91. The highest BCUT2D eigenvalue weighted by Crippen LogP contribution is 2.36. The van der Waals surface area contributed by atoms with Gasteiger partial charge in [0.1, 0.15) is 18.1 Å². The van der Waals surface area contributed by atoms with Crippen molar-refractivity contribution in [3.8, 4) is 17.0 Å². The van der Waals surface area contributed by atoms with Crippen LogP contribution in [0.3, 0.4) is 0 Å². The van der Waals surface area contributed by atoms with Crippen LogP contribution in [0.2, 0.25) is 30.7 Å². The molecule has 14 heteroatoms. The van der Waals surface area contributed by atoms with Gasteiger partial charge in [-0.25, -0.2) is 31.3 Å². The Morgan fingerprint density at radius 2 is 1.82 bits per heavy atom. The first kappa shape index (κ1) is 28.9. The van der Waals surface area contributed by atoms with E-state index in [0.29, 0.717) is 12.0 Å². The third-order valence-corrected chi connectivity index (χ3v) is 9.10. The molecule has 4 aromatic rings. The molecule has 1 N–H and O–H groups in total. The number of nitrogens with one attached hydrogen (secondary N) is 1. The summed E-state index contributed by atoms with van der Waals surface area (Å²) in [6, 6.07) is 6.37. The maximum absolute atomic E-state index is 15.8. The zero-order chi connectivity index (χ0) is 28.5. The van der Waals surface area contributed by atoms with Gasteiger partial charge in [0.2, 0.25) is 5.88 Å². The second kappa shape index (κ2) is 11.2. The lowest BCUT2D eigenvalue weighted by Crippen LogP contribution is -2.22. The summed E-state index contributed by atoms with van der Waals surface area (Å²) in [4.78, 5) is 3.33. The Bertz CT molecular complexity index is 1640. The second-order valence-corrected chi connectivity index (χ2v) is 17.6. The fourth-order valence-corrected chi connectivity index (χ4v) is 5.97. The lowest BCUT2D eigenvalue weighted by atomic mass is 10.0. The van der Waals surface area contributed by atoms with Crippen molar-refractivity contribution in [3.63, 3.8) is 0 Å². The highest BCUT2D eigenvalue weighted by molar-refractivity contribution is 7.92. The van der Waals surface area contributed by atoms with Crippen molar-refractivity contribution < 1.29 is 31.1 Å². The summed E-state index contributed by atoms with van der Waals surface area (Å²) in [5, 5.41) is 4.55. The Balaban J connectivity index is 1.72. The monoisotopic (exact) mass is 598 g/mol. The molecule has 208 valence electrons. The summed E-state index contributed by atoms with van der Waals surface area (Å²) in [5.41, 5.74) is -1.78. The van der Waals surface area contributed by atoms with Gasteiger partial charge >= 0.3 is 0 Å². The molecular weight excluding hydrogens is 573 g/mol. The number of hydrogen-bond donors (Lipinski definition) is 1. The molecule has 0 aliphatic carbocycles. The van der Waals surface area contributed by atoms with Gasteiger partial charge in [-0.1, -0.05) is 43.4 Å². The number of rotatable bonds is 10. The van der Waals surface area contributed by atoms with E-state index >= 15 is 8.78 Å². The standard InChI is InChI=1S/C25H26ClF3N4O4SSi/c1-36-25-20(11-16(26)13-30-25)38(34,35)32-19-8-7-18(27)21(23(19)29)17-6-5-15-12-31-33(24(15)22(17)28)14-37-9-10-39(2,3)4/h5-8,11-13,32H,9-10,14H2,1-4H3. The molecule has 0 amide bonds. The van der Waals surface area contributed by atoms with Crippen LogP contribution in [0.15, 0.2) is 47.6 Å². The summed E-state index contributed by atoms with van der Waals surface area (Å²) in [7, 11) is -4.62. The minimum atomic E-state index is -4.48. The number of fused-ring (bicyclic) bond motifs is 1. The van der Waals surface area contributed by atoms with Gasteiger partial charge in [0.15, 0.2) is 16.5 Å². The molecule has 0 spiro atoms. The van der Waals surface area contributed by atoms with Crippen LogP contribution in [-0.4, -0.2) is 45.0 Å². The summed E-state index contributed by atoms with van der Waals surface area (Å²) in [6.07, 6.45) is 2.60. The van der Waals surface area contributed by atoms with Crippen LogP contribution in [-0.2, 0) is 21.5 Å². The van der Waals surface area contributed by atoms with Crippen molar-refractivity contribution in [2.75, 3.05) is 18.4 Å². The number of sulfonamides is 1. The van der Waals surface area contributed by atoms with E-state index in [9.17, 15) is 12.8 Å². The van der Waals surface area contributed by atoms with Gasteiger partial charge in [-0.2, -0.15) is 5.10 Å². The molecule has 2 aromatic heterocycles. The topological polar surface area (TPSA) is 95.3 Å². The molecule has 0 radical (unpaired) electrons. The predicted octanol–water partition coefficient (Wildman–Crippen LogP) is 6.29. The fourth-order valence-electron chi connectivity index (χ4n) is 3.79. The number of halogens is 4. The van der Waals surface area contributed by atoms with Gasteiger partial charge in [0, 0.05) is 31.8 Å². The van der Waals surface area contributed by atoms with Crippen LogP contribution in [0, 0.1) is 17.5 Å². The normalized spacial score (nSPS) is 12.2. The largest absolute Gasteiger partial charge is 0.480 e. The first-order chi connectivity index (χ1) is 18.3. The highest BCUT2D eigenvalue weighted by atomic mass is 35.5. The van der Waals surface area contributed by atoms with Crippen molar-refractivity contribution in [2.24, 2.45) is 0 Å². The van der Waals surface area contributed by atoms with E-state index in [-0.39, 0.29) is 23.2 Å². The molecule has 4 rings (SSSR count). The number of methoxy groups -OCH3 is 1. The summed E-state index contributed by atoms with van der Waals surface area (Å²) in [5.74, 6) is -3.62. The third kappa shape index (κ3) is 6.21. The Morgan fingerprint density at radius 1 is 1.08 bits per heavy atom. The molecule has 0 saturated carbocycles. The fraction of sp³-hybridized carbons (Fsp3) is 0.280. The highest BCUT2D eigenvalue weighted by Gasteiger charge is 2.26. The molecule has 0 bridgehead atoms. The Morgan fingerprint density at radius 3 is 2.51 bits per heavy atom. The van der Waals surface area contributed by atoms with Crippen molar-refractivity contribution in [2.45, 2.75) is 37.3 Å². The molecule has 0 aliphatic rings. The molecule has 8 nitrogen and oxygen atoms in total. The number of benzene rings is 2. The number of nitrogens with zero attached hydrogens (tertiary/aromatic N) is 3. The maximum atomic E-state index is 15.8. The zero-order valence-corrected chi connectivity index (χ0v) is 24.1. The van der Waals surface area contributed by atoms with Crippen LogP contribution in [0.25, 0.3) is 22.0 Å².